The van der Waals surface area contributed by atoms with Gasteiger partial charge in [-0.2, -0.15) is 0 Å². The lowest BCUT2D eigenvalue weighted by Gasteiger charge is -2.22. The van der Waals surface area contributed by atoms with Crippen molar-refractivity contribution in [3.05, 3.63) is 47.4 Å². The first-order valence-corrected chi connectivity index (χ1v) is 7.67. The third kappa shape index (κ3) is 3.21. The molecule has 0 aliphatic carbocycles. The molecule has 0 spiro atoms. The van der Waals surface area contributed by atoms with Crippen LogP contribution in [0.25, 0.3) is 0 Å². The molecule has 2 saturated heterocycles. The van der Waals surface area contributed by atoms with Crippen LogP contribution in [-0.2, 0) is 18.9 Å². The van der Waals surface area contributed by atoms with Gasteiger partial charge in [0.15, 0.2) is 11.5 Å². The second kappa shape index (κ2) is 6.13. The van der Waals surface area contributed by atoms with Gasteiger partial charge in [-0.1, -0.05) is 37.3 Å². The molecule has 23 heavy (non-hydrogen) atoms. The highest BCUT2D eigenvalue weighted by Gasteiger charge is 2.52. The minimum Gasteiger partial charge on any atom is -0.462 e. The number of aliphatic hydroxyl groups excluding tert-OH is 2. The second-order valence-corrected chi connectivity index (χ2v) is 6.20. The fourth-order valence-electron chi connectivity index (χ4n) is 2.88. The summed E-state index contributed by atoms with van der Waals surface area (Å²) in [5.74, 6) is -0.202. The van der Waals surface area contributed by atoms with Gasteiger partial charge in [0.1, 0.15) is 18.5 Å². The van der Waals surface area contributed by atoms with Crippen LogP contribution < -0.4 is 0 Å². The molecule has 3 unspecified atom stereocenters. The van der Waals surface area contributed by atoms with E-state index in [0.717, 1.165) is 0 Å². The van der Waals surface area contributed by atoms with E-state index in [9.17, 15) is 10.2 Å². The first-order valence-electron chi connectivity index (χ1n) is 7.67. The molecule has 0 saturated carbocycles. The summed E-state index contributed by atoms with van der Waals surface area (Å²) in [6, 6.07) is 8.94. The Morgan fingerprint density at radius 3 is 2.57 bits per heavy atom. The van der Waals surface area contributed by atoms with Crippen LogP contribution in [0.1, 0.15) is 32.6 Å². The molecule has 6 nitrogen and oxygen atoms in total. The fraction of sp³-hybridized carbons (Fsp3) is 0.529. The Kier molecular flexibility index (Phi) is 4.33. The van der Waals surface area contributed by atoms with E-state index >= 15 is 0 Å². The second-order valence-electron chi connectivity index (χ2n) is 6.20. The normalized spacial score (nSPS) is 32.1. The third-order valence-electron chi connectivity index (χ3n) is 3.99. The van der Waals surface area contributed by atoms with Crippen molar-refractivity contribution in [2.45, 2.75) is 45.2 Å². The lowest BCUT2D eigenvalue weighted by molar-refractivity contribution is -0.188. The van der Waals surface area contributed by atoms with Crippen molar-refractivity contribution in [2.75, 3.05) is 6.61 Å². The fourth-order valence-corrected chi connectivity index (χ4v) is 2.88. The lowest BCUT2D eigenvalue weighted by Crippen LogP contribution is -2.25. The van der Waals surface area contributed by atoms with Crippen molar-refractivity contribution in [1.29, 1.82) is 0 Å². The molecule has 1 aromatic rings. The van der Waals surface area contributed by atoms with Crippen molar-refractivity contribution in [3.63, 3.8) is 0 Å². The number of aliphatic hydroxyl groups is 2. The standard InChI is InChI=1S/C17H22O6/c1-10-13(21-16-14(10)22-17(2,3)23-16)12(9-18)20-15(19)11-7-5-4-6-8-11/h4-8,10,14-16,18-19H,9H2,1-3H3/b13-12-/t10-,14?,15?,16?/m1/s1. The molecule has 2 N–H and O–H groups in total. The average Bonchev–Trinajstić information content (AvgIpc) is 2.99. The summed E-state index contributed by atoms with van der Waals surface area (Å²) in [6.45, 7) is 5.19. The van der Waals surface area contributed by atoms with Crippen LogP contribution in [-0.4, -0.2) is 35.0 Å². The Balaban J connectivity index is 1.77. The van der Waals surface area contributed by atoms with Gasteiger partial charge in [0.2, 0.25) is 12.6 Å². The molecule has 2 heterocycles. The van der Waals surface area contributed by atoms with E-state index in [1.165, 1.54) is 0 Å². The Morgan fingerprint density at radius 2 is 1.96 bits per heavy atom. The molecule has 126 valence electrons. The number of hydrogen-bond acceptors (Lipinski definition) is 6. The van der Waals surface area contributed by atoms with E-state index in [-0.39, 0.29) is 24.4 Å². The van der Waals surface area contributed by atoms with Crippen LogP contribution in [0.4, 0.5) is 0 Å². The minimum absolute atomic E-state index is 0.146. The quantitative estimate of drug-likeness (QED) is 0.652. The van der Waals surface area contributed by atoms with Crippen molar-refractivity contribution in [2.24, 2.45) is 5.92 Å². The van der Waals surface area contributed by atoms with Gasteiger partial charge < -0.3 is 29.2 Å². The molecule has 2 aliphatic heterocycles. The van der Waals surface area contributed by atoms with Gasteiger partial charge in [0, 0.05) is 11.5 Å². The molecule has 2 fully saturated rings. The number of ether oxygens (including phenoxy) is 4. The van der Waals surface area contributed by atoms with Crippen molar-refractivity contribution in [3.8, 4) is 0 Å². The van der Waals surface area contributed by atoms with Gasteiger partial charge in [-0.15, -0.1) is 0 Å². The van der Waals surface area contributed by atoms with E-state index < -0.39 is 18.4 Å². The molecule has 6 heteroatoms. The van der Waals surface area contributed by atoms with Crippen LogP contribution >= 0.6 is 0 Å². The van der Waals surface area contributed by atoms with E-state index in [2.05, 4.69) is 0 Å². The molecule has 2 aliphatic rings. The molecule has 0 radical (unpaired) electrons. The summed E-state index contributed by atoms with van der Waals surface area (Å²) in [4.78, 5) is 0. The summed E-state index contributed by atoms with van der Waals surface area (Å²) < 4.78 is 22.8. The molecule has 1 aromatic carbocycles. The molecule has 4 atom stereocenters. The number of rotatable bonds is 4. The van der Waals surface area contributed by atoms with Gasteiger partial charge >= 0.3 is 0 Å². The Bertz CT molecular complexity index is 582. The van der Waals surface area contributed by atoms with Crippen LogP contribution in [0, 0.1) is 5.92 Å². The lowest BCUT2D eigenvalue weighted by atomic mass is 10.0. The molecule has 0 bridgehead atoms. The molecule has 0 amide bonds. The van der Waals surface area contributed by atoms with Crippen molar-refractivity contribution < 1.29 is 29.2 Å². The predicted octanol–water partition coefficient (Wildman–Crippen LogP) is 2.04. The Labute approximate surface area is 135 Å². The smallest absolute Gasteiger partial charge is 0.229 e. The van der Waals surface area contributed by atoms with Crippen LogP contribution in [0.2, 0.25) is 0 Å². The molecule has 3 rings (SSSR count). The minimum atomic E-state index is -1.18. The van der Waals surface area contributed by atoms with E-state index in [4.69, 9.17) is 18.9 Å². The monoisotopic (exact) mass is 322 g/mol. The summed E-state index contributed by atoms with van der Waals surface area (Å²) >= 11 is 0. The van der Waals surface area contributed by atoms with Gasteiger partial charge in [-0.25, -0.2) is 0 Å². The van der Waals surface area contributed by atoms with Crippen molar-refractivity contribution >= 4 is 0 Å². The van der Waals surface area contributed by atoms with E-state index in [0.29, 0.717) is 11.3 Å². The number of hydrogen-bond donors (Lipinski definition) is 2. The first-order chi connectivity index (χ1) is 10.9. The topological polar surface area (TPSA) is 77.4 Å². The maximum atomic E-state index is 10.2. The number of fused-ring (bicyclic) bond motifs is 1. The van der Waals surface area contributed by atoms with Gasteiger partial charge in [-0.3, -0.25) is 0 Å². The SMILES string of the molecule is C[C@@H]1/C(=C(\CO)OC(O)c2ccccc2)OC2OC(C)(C)OC21. The summed E-state index contributed by atoms with van der Waals surface area (Å²) in [7, 11) is 0. The highest BCUT2D eigenvalue weighted by atomic mass is 16.8. The highest BCUT2D eigenvalue weighted by Crippen LogP contribution is 2.43. The molecular weight excluding hydrogens is 300 g/mol. The highest BCUT2D eigenvalue weighted by molar-refractivity contribution is 5.18. The maximum Gasteiger partial charge on any atom is 0.229 e. The van der Waals surface area contributed by atoms with Gasteiger partial charge in [0.05, 0.1) is 0 Å². The first kappa shape index (κ1) is 16.3. The van der Waals surface area contributed by atoms with E-state index in [1.807, 2.05) is 26.8 Å². The zero-order valence-corrected chi connectivity index (χ0v) is 13.4. The third-order valence-corrected chi connectivity index (χ3v) is 3.99. The summed E-state index contributed by atoms with van der Waals surface area (Å²) in [6.07, 6.45) is -1.98. The summed E-state index contributed by atoms with van der Waals surface area (Å²) in [5, 5.41) is 19.8. The Morgan fingerprint density at radius 1 is 1.26 bits per heavy atom. The summed E-state index contributed by atoms with van der Waals surface area (Å²) in [5.41, 5.74) is 0.596. The van der Waals surface area contributed by atoms with Crippen LogP contribution in [0.3, 0.4) is 0 Å². The molecule has 0 aromatic heterocycles. The van der Waals surface area contributed by atoms with Gasteiger partial charge in [-0.05, 0) is 13.8 Å². The zero-order chi connectivity index (χ0) is 16.6. The van der Waals surface area contributed by atoms with Crippen LogP contribution in [0.15, 0.2) is 41.9 Å². The van der Waals surface area contributed by atoms with Crippen LogP contribution in [0.5, 0.6) is 0 Å². The number of benzene rings is 1. The maximum absolute atomic E-state index is 10.2. The van der Waals surface area contributed by atoms with Crippen molar-refractivity contribution in [1.82, 2.24) is 0 Å². The van der Waals surface area contributed by atoms with Gasteiger partial charge in [0.25, 0.3) is 0 Å². The average molecular weight is 322 g/mol. The Hall–Kier alpha value is -1.60. The predicted molar refractivity (Wildman–Crippen MR) is 80.7 cm³/mol. The van der Waals surface area contributed by atoms with E-state index in [1.54, 1.807) is 24.3 Å². The molecular formula is C17H22O6. The zero-order valence-electron chi connectivity index (χ0n) is 13.4. The largest absolute Gasteiger partial charge is 0.462 e.